The Labute approximate surface area is 107 Å². The van der Waals surface area contributed by atoms with Gasteiger partial charge in [-0.3, -0.25) is 4.79 Å². The van der Waals surface area contributed by atoms with Crippen LogP contribution in [-0.4, -0.2) is 18.9 Å². The Morgan fingerprint density at radius 3 is 2.65 bits per heavy atom. The minimum Gasteiger partial charge on any atom is -0.368 e. The summed E-state index contributed by atoms with van der Waals surface area (Å²) in [6.45, 7) is 1.09. The summed E-state index contributed by atoms with van der Waals surface area (Å²) in [6, 6.07) is 6.38. The Balaban J connectivity index is 1.93. The zero-order valence-electron chi connectivity index (χ0n) is 9.73. The second-order valence-electron chi connectivity index (χ2n) is 5.12. The SMILES string of the molecule is O=Cc1c(Cl)cccc1N(CC1CC1)C1CC1. The van der Waals surface area contributed by atoms with E-state index in [9.17, 15) is 4.79 Å². The second-order valence-corrected chi connectivity index (χ2v) is 5.52. The number of anilines is 1. The van der Waals surface area contributed by atoms with Crippen molar-refractivity contribution in [2.24, 2.45) is 5.92 Å². The smallest absolute Gasteiger partial charge is 0.153 e. The van der Waals surface area contributed by atoms with Crippen molar-refractivity contribution in [1.29, 1.82) is 0 Å². The van der Waals surface area contributed by atoms with E-state index in [1.807, 2.05) is 12.1 Å². The van der Waals surface area contributed by atoms with Crippen LogP contribution in [0.1, 0.15) is 36.0 Å². The number of hydrogen-bond acceptors (Lipinski definition) is 2. The van der Waals surface area contributed by atoms with E-state index in [0.29, 0.717) is 16.6 Å². The second kappa shape index (κ2) is 4.34. The molecule has 2 fully saturated rings. The summed E-state index contributed by atoms with van der Waals surface area (Å²) in [5.74, 6) is 0.828. The molecule has 3 rings (SSSR count). The first kappa shape index (κ1) is 11.1. The van der Waals surface area contributed by atoms with Gasteiger partial charge in [-0.2, -0.15) is 0 Å². The van der Waals surface area contributed by atoms with Gasteiger partial charge in [0.05, 0.1) is 10.6 Å². The van der Waals surface area contributed by atoms with Gasteiger partial charge in [0.25, 0.3) is 0 Å². The van der Waals surface area contributed by atoms with E-state index >= 15 is 0 Å². The van der Waals surface area contributed by atoms with Gasteiger partial charge < -0.3 is 4.90 Å². The van der Waals surface area contributed by atoms with Crippen molar-refractivity contribution in [3.8, 4) is 0 Å². The van der Waals surface area contributed by atoms with Crippen LogP contribution in [0.3, 0.4) is 0 Å². The molecule has 2 saturated carbocycles. The molecule has 0 radical (unpaired) electrons. The van der Waals surface area contributed by atoms with Crippen LogP contribution in [0, 0.1) is 5.92 Å². The van der Waals surface area contributed by atoms with Crippen LogP contribution >= 0.6 is 11.6 Å². The Kier molecular flexibility index (Phi) is 2.83. The van der Waals surface area contributed by atoms with Gasteiger partial charge in [0.1, 0.15) is 0 Å². The van der Waals surface area contributed by atoms with Gasteiger partial charge in [-0.1, -0.05) is 17.7 Å². The number of rotatable bonds is 5. The average molecular weight is 250 g/mol. The van der Waals surface area contributed by atoms with Gasteiger partial charge in [0, 0.05) is 18.3 Å². The van der Waals surface area contributed by atoms with Crippen LogP contribution in [0.15, 0.2) is 18.2 Å². The molecular weight excluding hydrogens is 234 g/mol. The normalized spacial score (nSPS) is 19.1. The minimum atomic E-state index is 0.568. The Morgan fingerprint density at radius 2 is 2.06 bits per heavy atom. The monoisotopic (exact) mass is 249 g/mol. The highest BCUT2D eigenvalue weighted by atomic mass is 35.5. The van der Waals surface area contributed by atoms with Crippen LogP contribution in [0.5, 0.6) is 0 Å². The Morgan fingerprint density at radius 1 is 1.29 bits per heavy atom. The topological polar surface area (TPSA) is 20.3 Å². The highest BCUT2D eigenvalue weighted by Crippen LogP contribution is 2.39. The molecule has 0 atom stereocenters. The summed E-state index contributed by atoms with van der Waals surface area (Å²) in [7, 11) is 0. The summed E-state index contributed by atoms with van der Waals surface area (Å²) in [5, 5.41) is 0.568. The number of carbonyl (C=O) groups excluding carboxylic acids is 1. The molecule has 90 valence electrons. The molecule has 3 heteroatoms. The lowest BCUT2D eigenvalue weighted by molar-refractivity contribution is 0.112. The van der Waals surface area contributed by atoms with Crippen LogP contribution in [0.4, 0.5) is 5.69 Å². The fraction of sp³-hybridized carbons (Fsp3) is 0.500. The van der Waals surface area contributed by atoms with Crippen molar-refractivity contribution in [1.82, 2.24) is 0 Å². The third-order valence-corrected chi connectivity index (χ3v) is 3.93. The lowest BCUT2D eigenvalue weighted by atomic mass is 10.1. The van der Waals surface area contributed by atoms with E-state index in [1.54, 1.807) is 6.07 Å². The van der Waals surface area contributed by atoms with E-state index in [1.165, 1.54) is 25.7 Å². The highest BCUT2D eigenvalue weighted by Gasteiger charge is 2.34. The molecule has 0 unspecified atom stereocenters. The van der Waals surface area contributed by atoms with Crippen LogP contribution in [0.2, 0.25) is 5.02 Å². The van der Waals surface area contributed by atoms with E-state index < -0.39 is 0 Å². The quantitative estimate of drug-likeness (QED) is 0.744. The highest BCUT2D eigenvalue weighted by molar-refractivity contribution is 6.33. The zero-order chi connectivity index (χ0) is 11.8. The molecule has 0 aliphatic heterocycles. The molecule has 1 aromatic rings. The number of carbonyl (C=O) groups is 1. The molecule has 0 heterocycles. The lowest BCUT2D eigenvalue weighted by Crippen LogP contribution is -2.29. The van der Waals surface area contributed by atoms with E-state index in [-0.39, 0.29) is 0 Å². The maximum absolute atomic E-state index is 11.2. The maximum atomic E-state index is 11.2. The summed E-state index contributed by atoms with van der Waals surface area (Å²) in [6.07, 6.45) is 6.05. The van der Waals surface area contributed by atoms with Crippen molar-refractivity contribution in [2.75, 3.05) is 11.4 Å². The average Bonchev–Trinajstić information content (AvgIpc) is 3.17. The van der Waals surface area contributed by atoms with Gasteiger partial charge in [-0.15, -0.1) is 0 Å². The number of hydrogen-bond donors (Lipinski definition) is 0. The molecule has 0 aromatic heterocycles. The van der Waals surface area contributed by atoms with Crippen molar-refractivity contribution in [2.45, 2.75) is 31.7 Å². The molecule has 0 amide bonds. The molecular formula is C14H16ClNO. The first-order valence-electron chi connectivity index (χ1n) is 6.30. The predicted octanol–water partition coefficient (Wildman–Crippen LogP) is 3.53. The molecule has 0 saturated heterocycles. The molecule has 1 aromatic carbocycles. The molecule has 0 spiro atoms. The molecule has 17 heavy (non-hydrogen) atoms. The largest absolute Gasteiger partial charge is 0.368 e. The van der Waals surface area contributed by atoms with Gasteiger partial charge >= 0.3 is 0 Å². The summed E-state index contributed by atoms with van der Waals surface area (Å²) in [4.78, 5) is 13.6. The van der Waals surface area contributed by atoms with E-state index in [2.05, 4.69) is 4.90 Å². The standard InChI is InChI=1S/C14H16ClNO/c15-13-2-1-3-14(12(13)9-17)16(11-6-7-11)8-10-4-5-10/h1-3,9-11H,4-8H2. The molecule has 0 N–H and O–H groups in total. The molecule has 2 aliphatic rings. The summed E-state index contributed by atoms with van der Waals surface area (Å²) < 4.78 is 0. The number of halogens is 1. The van der Waals surface area contributed by atoms with Gasteiger partial charge in [-0.05, 0) is 43.7 Å². The Bertz CT molecular complexity index is 438. The molecule has 2 nitrogen and oxygen atoms in total. The first-order chi connectivity index (χ1) is 8.29. The van der Waals surface area contributed by atoms with Gasteiger partial charge in [-0.25, -0.2) is 0 Å². The predicted molar refractivity (Wildman–Crippen MR) is 69.9 cm³/mol. The van der Waals surface area contributed by atoms with Gasteiger partial charge in [0.2, 0.25) is 0 Å². The number of benzene rings is 1. The molecule has 2 aliphatic carbocycles. The third-order valence-electron chi connectivity index (χ3n) is 3.60. The zero-order valence-corrected chi connectivity index (χ0v) is 10.5. The minimum absolute atomic E-state index is 0.568. The summed E-state index contributed by atoms with van der Waals surface area (Å²) in [5.41, 5.74) is 1.68. The number of nitrogens with zero attached hydrogens (tertiary/aromatic N) is 1. The van der Waals surface area contributed by atoms with Crippen LogP contribution in [-0.2, 0) is 0 Å². The lowest BCUT2D eigenvalue weighted by Gasteiger charge is -2.26. The van der Waals surface area contributed by atoms with E-state index in [4.69, 9.17) is 11.6 Å². The van der Waals surface area contributed by atoms with Crippen LogP contribution in [0.25, 0.3) is 0 Å². The fourth-order valence-electron chi connectivity index (χ4n) is 2.30. The van der Waals surface area contributed by atoms with Crippen molar-refractivity contribution >= 4 is 23.6 Å². The summed E-state index contributed by atoms with van der Waals surface area (Å²) >= 11 is 6.09. The van der Waals surface area contributed by atoms with Crippen molar-refractivity contribution < 1.29 is 4.79 Å². The first-order valence-corrected chi connectivity index (χ1v) is 6.67. The van der Waals surface area contributed by atoms with Gasteiger partial charge in [0.15, 0.2) is 6.29 Å². The fourth-order valence-corrected chi connectivity index (χ4v) is 2.52. The van der Waals surface area contributed by atoms with Crippen LogP contribution < -0.4 is 4.90 Å². The van der Waals surface area contributed by atoms with E-state index in [0.717, 1.165) is 24.4 Å². The van der Waals surface area contributed by atoms with Crippen molar-refractivity contribution in [3.63, 3.8) is 0 Å². The molecule has 0 bridgehead atoms. The number of aldehydes is 1. The van der Waals surface area contributed by atoms with Crippen molar-refractivity contribution in [3.05, 3.63) is 28.8 Å². The third kappa shape index (κ3) is 2.32. The Hall–Kier alpha value is -1.02. The maximum Gasteiger partial charge on any atom is 0.153 e.